The highest BCUT2D eigenvalue weighted by molar-refractivity contribution is 7.89. The largest absolute Gasteiger partial charge is 0.455 e. The third-order valence-corrected chi connectivity index (χ3v) is 5.75. The number of aryl methyl sites for hydroxylation is 4. The number of anilines is 1. The highest BCUT2D eigenvalue weighted by atomic mass is 32.2. The maximum atomic E-state index is 12.2. The van der Waals surface area contributed by atoms with Crippen LogP contribution in [-0.2, 0) is 24.3 Å². The molecule has 2 aromatic rings. The van der Waals surface area contributed by atoms with E-state index in [1.807, 2.05) is 32.9 Å². The topological polar surface area (TPSA) is 102 Å². The number of hydrogen-bond acceptors (Lipinski definition) is 5. The molecule has 28 heavy (non-hydrogen) atoms. The molecule has 7 nitrogen and oxygen atoms in total. The molecule has 0 saturated carbocycles. The molecule has 1 amide bonds. The van der Waals surface area contributed by atoms with Gasteiger partial charge in [-0.1, -0.05) is 12.1 Å². The SMILES string of the molecule is Cc1ccc(NC(=O)COC(=O)CNS(=O)(=O)c2ccc(C)c(C)c2)cc1C. The summed E-state index contributed by atoms with van der Waals surface area (Å²) in [6, 6.07) is 10.1. The second-order valence-electron chi connectivity index (χ2n) is 6.58. The van der Waals surface area contributed by atoms with Crippen molar-refractivity contribution >= 4 is 27.6 Å². The molecule has 0 aliphatic carbocycles. The van der Waals surface area contributed by atoms with Gasteiger partial charge in [-0.3, -0.25) is 9.59 Å². The number of carbonyl (C=O) groups is 2. The van der Waals surface area contributed by atoms with E-state index in [1.54, 1.807) is 19.1 Å². The molecule has 0 aliphatic rings. The van der Waals surface area contributed by atoms with Crippen LogP contribution in [0.1, 0.15) is 22.3 Å². The van der Waals surface area contributed by atoms with Crippen LogP contribution in [0.5, 0.6) is 0 Å². The Morgan fingerprint density at radius 3 is 2.11 bits per heavy atom. The number of benzene rings is 2. The van der Waals surface area contributed by atoms with Crippen molar-refractivity contribution in [1.82, 2.24) is 4.72 Å². The fraction of sp³-hybridized carbons (Fsp3) is 0.300. The van der Waals surface area contributed by atoms with Crippen LogP contribution in [0.25, 0.3) is 0 Å². The van der Waals surface area contributed by atoms with Crippen molar-refractivity contribution < 1.29 is 22.7 Å². The van der Waals surface area contributed by atoms with Crippen LogP contribution in [0.4, 0.5) is 5.69 Å². The summed E-state index contributed by atoms with van der Waals surface area (Å²) in [5.41, 5.74) is 4.51. The fourth-order valence-corrected chi connectivity index (χ4v) is 3.39. The lowest BCUT2D eigenvalue weighted by Crippen LogP contribution is -2.32. The van der Waals surface area contributed by atoms with Crippen molar-refractivity contribution in [2.24, 2.45) is 0 Å². The molecule has 0 atom stereocenters. The zero-order valence-corrected chi connectivity index (χ0v) is 17.1. The molecule has 150 valence electrons. The summed E-state index contributed by atoms with van der Waals surface area (Å²) < 4.78 is 31.5. The molecule has 0 radical (unpaired) electrons. The molecule has 8 heteroatoms. The van der Waals surface area contributed by atoms with Gasteiger partial charge < -0.3 is 10.1 Å². The van der Waals surface area contributed by atoms with Crippen molar-refractivity contribution in [3.05, 3.63) is 58.7 Å². The van der Waals surface area contributed by atoms with E-state index in [2.05, 4.69) is 10.0 Å². The van der Waals surface area contributed by atoms with E-state index in [4.69, 9.17) is 4.74 Å². The lowest BCUT2D eigenvalue weighted by Gasteiger charge is -2.10. The van der Waals surface area contributed by atoms with Gasteiger partial charge in [0.15, 0.2) is 6.61 Å². The van der Waals surface area contributed by atoms with Gasteiger partial charge in [0.1, 0.15) is 6.54 Å². The first kappa shape index (κ1) is 21.6. The lowest BCUT2D eigenvalue weighted by atomic mass is 10.1. The minimum Gasteiger partial charge on any atom is -0.455 e. The van der Waals surface area contributed by atoms with Crippen LogP contribution >= 0.6 is 0 Å². The molecule has 2 N–H and O–H groups in total. The Kier molecular flexibility index (Phi) is 6.93. The number of amides is 1. The lowest BCUT2D eigenvalue weighted by molar-refractivity contribution is -0.146. The average Bonchev–Trinajstić information content (AvgIpc) is 2.63. The van der Waals surface area contributed by atoms with Crippen molar-refractivity contribution in [1.29, 1.82) is 0 Å². The summed E-state index contributed by atoms with van der Waals surface area (Å²) in [5, 5.41) is 2.62. The average molecular weight is 404 g/mol. The number of rotatable bonds is 7. The summed E-state index contributed by atoms with van der Waals surface area (Å²) in [4.78, 5) is 23.7. The van der Waals surface area contributed by atoms with Crippen LogP contribution in [0.15, 0.2) is 41.3 Å². The quantitative estimate of drug-likeness (QED) is 0.690. The van der Waals surface area contributed by atoms with E-state index < -0.39 is 35.1 Å². The van der Waals surface area contributed by atoms with E-state index >= 15 is 0 Å². The third kappa shape index (κ3) is 5.90. The predicted octanol–water partition coefficient (Wildman–Crippen LogP) is 2.38. The Morgan fingerprint density at radius 1 is 0.893 bits per heavy atom. The monoisotopic (exact) mass is 404 g/mol. The third-order valence-electron chi connectivity index (χ3n) is 4.35. The molecule has 0 bridgehead atoms. The van der Waals surface area contributed by atoms with Gasteiger partial charge in [0.25, 0.3) is 5.91 Å². The molecular formula is C20H24N2O5S. The highest BCUT2D eigenvalue weighted by Crippen LogP contribution is 2.15. The fourth-order valence-electron chi connectivity index (χ4n) is 2.33. The number of carbonyl (C=O) groups excluding carboxylic acids is 2. The van der Waals surface area contributed by atoms with Crippen LogP contribution in [0, 0.1) is 27.7 Å². The first-order valence-corrected chi connectivity index (χ1v) is 10.2. The summed E-state index contributed by atoms with van der Waals surface area (Å²) in [6.07, 6.45) is 0. The standard InChI is InChI=1S/C20H24N2O5S/c1-13-5-7-17(9-15(13)3)22-19(23)12-27-20(24)11-21-28(25,26)18-8-6-14(2)16(4)10-18/h5-10,21H,11-12H2,1-4H3,(H,22,23). The normalized spacial score (nSPS) is 11.1. The van der Waals surface area contributed by atoms with Gasteiger partial charge in [0.05, 0.1) is 4.90 Å². The van der Waals surface area contributed by atoms with Gasteiger partial charge in [-0.15, -0.1) is 0 Å². The van der Waals surface area contributed by atoms with Gasteiger partial charge in [0, 0.05) is 5.69 Å². The summed E-state index contributed by atoms with van der Waals surface area (Å²) in [7, 11) is -3.84. The minimum absolute atomic E-state index is 0.0656. The molecule has 2 aromatic carbocycles. The predicted molar refractivity (Wildman–Crippen MR) is 107 cm³/mol. The molecule has 0 unspecified atom stereocenters. The maximum Gasteiger partial charge on any atom is 0.321 e. The molecular weight excluding hydrogens is 380 g/mol. The molecule has 0 aliphatic heterocycles. The van der Waals surface area contributed by atoms with E-state index in [1.165, 1.54) is 12.1 Å². The summed E-state index contributed by atoms with van der Waals surface area (Å²) in [6.45, 7) is 6.49. The number of sulfonamides is 1. The van der Waals surface area contributed by atoms with Crippen molar-refractivity contribution in [3.8, 4) is 0 Å². The van der Waals surface area contributed by atoms with Crippen molar-refractivity contribution in [3.63, 3.8) is 0 Å². The van der Waals surface area contributed by atoms with Crippen molar-refractivity contribution in [2.45, 2.75) is 32.6 Å². The number of hydrogen-bond donors (Lipinski definition) is 2. The first-order valence-electron chi connectivity index (χ1n) is 8.68. The zero-order valence-electron chi connectivity index (χ0n) is 16.3. The Balaban J connectivity index is 1.83. The molecule has 0 spiro atoms. The van der Waals surface area contributed by atoms with Crippen LogP contribution < -0.4 is 10.0 Å². The second kappa shape index (κ2) is 8.99. The summed E-state index contributed by atoms with van der Waals surface area (Å²) >= 11 is 0. The molecule has 2 rings (SSSR count). The Labute approximate surface area is 165 Å². The Morgan fingerprint density at radius 2 is 1.50 bits per heavy atom. The first-order chi connectivity index (χ1) is 13.1. The van der Waals surface area contributed by atoms with E-state index in [0.717, 1.165) is 22.3 Å². The smallest absolute Gasteiger partial charge is 0.321 e. The Bertz CT molecular complexity index is 1000. The van der Waals surface area contributed by atoms with Gasteiger partial charge in [-0.05, 0) is 74.2 Å². The number of ether oxygens (including phenoxy) is 1. The maximum absolute atomic E-state index is 12.2. The van der Waals surface area contributed by atoms with Crippen molar-refractivity contribution in [2.75, 3.05) is 18.5 Å². The highest BCUT2D eigenvalue weighted by Gasteiger charge is 2.17. The second-order valence-corrected chi connectivity index (χ2v) is 8.35. The van der Waals surface area contributed by atoms with Crippen LogP contribution in [0.3, 0.4) is 0 Å². The zero-order chi connectivity index (χ0) is 20.9. The molecule has 0 aromatic heterocycles. The van der Waals surface area contributed by atoms with Gasteiger partial charge in [-0.2, -0.15) is 4.72 Å². The molecule has 0 heterocycles. The summed E-state index contributed by atoms with van der Waals surface area (Å²) in [5.74, 6) is -1.35. The van der Waals surface area contributed by atoms with Gasteiger partial charge >= 0.3 is 5.97 Å². The van der Waals surface area contributed by atoms with E-state index in [9.17, 15) is 18.0 Å². The van der Waals surface area contributed by atoms with E-state index in [-0.39, 0.29) is 4.90 Å². The Hall–Kier alpha value is -2.71. The van der Waals surface area contributed by atoms with Crippen LogP contribution in [-0.4, -0.2) is 33.4 Å². The number of esters is 1. The number of nitrogens with one attached hydrogen (secondary N) is 2. The van der Waals surface area contributed by atoms with Gasteiger partial charge in [0.2, 0.25) is 10.0 Å². The minimum atomic E-state index is -3.84. The molecule has 0 fully saturated rings. The van der Waals surface area contributed by atoms with Crippen LogP contribution in [0.2, 0.25) is 0 Å². The molecule has 0 saturated heterocycles. The van der Waals surface area contributed by atoms with Gasteiger partial charge in [-0.25, -0.2) is 8.42 Å². The van der Waals surface area contributed by atoms with E-state index in [0.29, 0.717) is 5.69 Å².